The SMILES string of the molecule is CC(=O)C(C)CC(=O)C(C)NC(=O)CCOCCCC(=O)C#CC(=O)NCCOCCC(=O)NC(C)C(=O)CC(C)C(C)=O. The van der Waals surface area contributed by atoms with E-state index in [1.165, 1.54) is 13.8 Å². The number of hydrogen-bond donors (Lipinski definition) is 3. The van der Waals surface area contributed by atoms with Gasteiger partial charge in [0.25, 0.3) is 5.91 Å². The Morgan fingerprint density at radius 1 is 0.614 bits per heavy atom. The monoisotopic (exact) mass is 621 g/mol. The molecule has 0 saturated carbocycles. The van der Waals surface area contributed by atoms with Crippen molar-refractivity contribution in [2.24, 2.45) is 11.8 Å². The van der Waals surface area contributed by atoms with Crippen molar-refractivity contribution in [3.63, 3.8) is 0 Å². The van der Waals surface area contributed by atoms with Crippen LogP contribution in [0.2, 0.25) is 0 Å². The average Bonchev–Trinajstić information content (AvgIpc) is 2.94. The van der Waals surface area contributed by atoms with Crippen LogP contribution in [0.4, 0.5) is 0 Å². The largest absolute Gasteiger partial charge is 0.381 e. The first-order valence-electron chi connectivity index (χ1n) is 14.8. The number of nitrogens with one attached hydrogen (secondary N) is 3. The van der Waals surface area contributed by atoms with Crippen LogP contribution in [-0.2, 0) is 47.8 Å². The summed E-state index contributed by atoms with van der Waals surface area (Å²) in [6, 6.07) is -1.41. The molecule has 246 valence electrons. The standard InChI is InChI=1S/C31H47N3O10/c1-20(24(5)35)18-27(38)22(3)33-30(41)11-15-43-14-7-8-26(37)9-10-29(40)32-13-17-44-16-12-31(42)34-23(4)28(39)19-21(2)25(6)36/h20-23H,7-8,11-19H2,1-6H3,(H,32,40)(H,33,41)(H,34,42). The van der Waals surface area contributed by atoms with Crippen LogP contribution in [0.15, 0.2) is 0 Å². The highest BCUT2D eigenvalue weighted by molar-refractivity contribution is 6.03. The highest BCUT2D eigenvalue weighted by Gasteiger charge is 2.21. The highest BCUT2D eigenvalue weighted by atomic mass is 16.5. The zero-order valence-electron chi connectivity index (χ0n) is 26.7. The molecule has 4 unspecified atom stereocenters. The van der Waals surface area contributed by atoms with Crippen molar-refractivity contribution in [1.29, 1.82) is 0 Å². The summed E-state index contributed by atoms with van der Waals surface area (Å²) in [4.78, 5) is 94.2. The molecule has 13 heteroatoms. The second-order valence-electron chi connectivity index (χ2n) is 10.7. The van der Waals surface area contributed by atoms with Crippen molar-refractivity contribution in [1.82, 2.24) is 16.0 Å². The minimum Gasteiger partial charge on any atom is -0.381 e. The van der Waals surface area contributed by atoms with E-state index in [1.54, 1.807) is 27.7 Å². The van der Waals surface area contributed by atoms with Gasteiger partial charge in [0.1, 0.15) is 11.6 Å². The van der Waals surface area contributed by atoms with Gasteiger partial charge in [-0.3, -0.25) is 38.4 Å². The number of carbonyl (C=O) groups excluding carboxylic acids is 8. The maximum Gasteiger partial charge on any atom is 0.296 e. The molecule has 3 N–H and O–H groups in total. The third kappa shape index (κ3) is 20.2. The van der Waals surface area contributed by atoms with Crippen LogP contribution in [-0.4, -0.2) is 91.7 Å². The number of hydrogen-bond acceptors (Lipinski definition) is 10. The van der Waals surface area contributed by atoms with Crippen LogP contribution >= 0.6 is 0 Å². The van der Waals surface area contributed by atoms with E-state index in [2.05, 4.69) is 27.8 Å². The van der Waals surface area contributed by atoms with Crippen molar-refractivity contribution in [3.05, 3.63) is 0 Å². The van der Waals surface area contributed by atoms with E-state index in [9.17, 15) is 38.4 Å². The molecule has 13 nitrogen and oxygen atoms in total. The number of rotatable bonds is 23. The molecule has 0 bridgehead atoms. The fraction of sp³-hybridized carbons (Fsp3) is 0.677. The minimum absolute atomic E-state index is 0.0157. The molecule has 0 fully saturated rings. The summed E-state index contributed by atoms with van der Waals surface area (Å²) in [6.45, 7) is 9.89. The van der Waals surface area contributed by atoms with Gasteiger partial charge in [-0.15, -0.1) is 0 Å². The van der Waals surface area contributed by atoms with Gasteiger partial charge >= 0.3 is 0 Å². The summed E-state index contributed by atoms with van der Waals surface area (Å²) >= 11 is 0. The van der Waals surface area contributed by atoms with E-state index in [0.717, 1.165) is 0 Å². The molecular formula is C31H47N3O10. The lowest BCUT2D eigenvalue weighted by Gasteiger charge is -2.15. The van der Waals surface area contributed by atoms with Crippen LogP contribution in [0.5, 0.6) is 0 Å². The second kappa shape index (κ2) is 22.7. The molecule has 0 aliphatic carbocycles. The molecule has 3 amide bonds. The Hall–Kier alpha value is -3.76. The van der Waals surface area contributed by atoms with Crippen molar-refractivity contribution < 1.29 is 47.8 Å². The Balaban J connectivity index is 3.95. The Kier molecular flexibility index (Phi) is 20.8. The van der Waals surface area contributed by atoms with E-state index < -0.39 is 35.6 Å². The third-order valence-corrected chi connectivity index (χ3v) is 6.61. The van der Waals surface area contributed by atoms with Crippen molar-refractivity contribution >= 4 is 46.6 Å². The smallest absolute Gasteiger partial charge is 0.296 e. The summed E-state index contributed by atoms with van der Waals surface area (Å²) in [6.07, 6.45) is 0.598. The first-order chi connectivity index (χ1) is 20.6. The molecular weight excluding hydrogens is 574 g/mol. The van der Waals surface area contributed by atoms with Gasteiger partial charge in [0, 0.05) is 63.0 Å². The first kappa shape index (κ1) is 40.2. The van der Waals surface area contributed by atoms with Gasteiger partial charge in [-0.25, -0.2) is 0 Å². The molecule has 4 atom stereocenters. The van der Waals surface area contributed by atoms with E-state index in [0.29, 0.717) is 6.42 Å². The van der Waals surface area contributed by atoms with Gasteiger partial charge in [0.2, 0.25) is 17.6 Å². The molecule has 0 radical (unpaired) electrons. The van der Waals surface area contributed by atoms with E-state index >= 15 is 0 Å². The van der Waals surface area contributed by atoms with Gasteiger partial charge in [-0.2, -0.15) is 0 Å². The zero-order chi connectivity index (χ0) is 33.7. The Morgan fingerprint density at radius 2 is 1.07 bits per heavy atom. The molecule has 0 aliphatic rings. The lowest BCUT2D eigenvalue weighted by molar-refractivity contribution is -0.130. The maximum absolute atomic E-state index is 12.1. The fourth-order valence-electron chi connectivity index (χ4n) is 3.37. The van der Waals surface area contributed by atoms with Crippen molar-refractivity contribution in [2.75, 3.05) is 33.0 Å². The summed E-state index contributed by atoms with van der Waals surface area (Å²) < 4.78 is 10.6. The lowest BCUT2D eigenvalue weighted by Crippen LogP contribution is -2.39. The summed E-state index contributed by atoms with van der Waals surface area (Å²) in [7, 11) is 0. The summed E-state index contributed by atoms with van der Waals surface area (Å²) in [5.41, 5.74) is 0. The Labute approximate surface area is 259 Å². The maximum atomic E-state index is 12.1. The van der Waals surface area contributed by atoms with E-state index in [1.807, 2.05) is 0 Å². The zero-order valence-corrected chi connectivity index (χ0v) is 26.7. The second-order valence-corrected chi connectivity index (χ2v) is 10.7. The summed E-state index contributed by atoms with van der Waals surface area (Å²) in [5, 5.41) is 7.61. The quantitative estimate of drug-likeness (QED) is 0.0829. The summed E-state index contributed by atoms with van der Waals surface area (Å²) in [5.74, 6) is 1.19. The highest BCUT2D eigenvalue weighted by Crippen LogP contribution is 2.07. The number of ketones is 5. The predicted octanol–water partition coefficient (Wildman–Crippen LogP) is 0.647. The number of Topliss-reactive ketones (excluding diaryl/α,β-unsaturated/α-hetero) is 5. The van der Waals surface area contributed by atoms with E-state index in [4.69, 9.17) is 9.47 Å². The van der Waals surface area contributed by atoms with Gasteiger partial charge in [0.05, 0.1) is 31.9 Å². The lowest BCUT2D eigenvalue weighted by atomic mass is 9.98. The van der Waals surface area contributed by atoms with Crippen molar-refractivity contribution in [2.45, 2.75) is 92.2 Å². The number of amides is 3. The molecule has 0 saturated heterocycles. The number of ether oxygens (including phenoxy) is 2. The van der Waals surface area contributed by atoms with Gasteiger partial charge < -0.3 is 25.4 Å². The normalized spacial score (nSPS) is 13.2. The average molecular weight is 622 g/mol. The van der Waals surface area contributed by atoms with Gasteiger partial charge in [-0.1, -0.05) is 13.8 Å². The molecule has 44 heavy (non-hydrogen) atoms. The minimum atomic E-state index is -0.709. The molecule has 0 aromatic heterocycles. The van der Waals surface area contributed by atoms with Crippen LogP contribution in [0.25, 0.3) is 0 Å². The molecule has 0 heterocycles. The Bertz CT molecular complexity index is 1010. The molecule has 0 aliphatic heterocycles. The van der Waals surface area contributed by atoms with E-state index in [-0.39, 0.29) is 100 Å². The number of carbonyl (C=O) groups is 8. The molecule has 0 aromatic rings. The van der Waals surface area contributed by atoms with Gasteiger partial charge in [0.15, 0.2) is 11.6 Å². The Morgan fingerprint density at radius 3 is 1.52 bits per heavy atom. The first-order valence-corrected chi connectivity index (χ1v) is 14.8. The van der Waals surface area contributed by atoms with Crippen LogP contribution in [0.3, 0.4) is 0 Å². The fourth-order valence-corrected chi connectivity index (χ4v) is 3.37. The molecule has 0 spiro atoms. The topological polar surface area (TPSA) is 191 Å². The van der Waals surface area contributed by atoms with Crippen LogP contribution < -0.4 is 16.0 Å². The predicted molar refractivity (Wildman–Crippen MR) is 160 cm³/mol. The van der Waals surface area contributed by atoms with Crippen molar-refractivity contribution in [3.8, 4) is 11.8 Å². The van der Waals surface area contributed by atoms with Crippen LogP contribution in [0, 0.1) is 23.7 Å². The van der Waals surface area contributed by atoms with Gasteiger partial charge in [-0.05, 0) is 40.0 Å². The van der Waals surface area contributed by atoms with Crippen LogP contribution in [0.1, 0.15) is 80.1 Å². The third-order valence-electron chi connectivity index (χ3n) is 6.61. The molecule has 0 aromatic carbocycles. The molecule has 0 rings (SSSR count).